The Bertz CT molecular complexity index is 859. The Morgan fingerprint density at radius 2 is 1.04 bits per heavy atom. The predicted molar refractivity (Wildman–Crippen MR) is 107 cm³/mol. The molecule has 0 amide bonds. The standard InChI is InChI=1S/C22H22N2O2/c1-17(25)26-22-15-13-21(14-16-22)24(3)20-11-9-19(10-12-20)23(2)18-7-5-4-6-8-18/h4-16H,1-3H3. The molecule has 0 aliphatic carbocycles. The van der Waals surface area contributed by atoms with Gasteiger partial charge in [-0.2, -0.15) is 0 Å². The third-order valence-electron chi connectivity index (χ3n) is 4.25. The molecule has 0 aliphatic heterocycles. The summed E-state index contributed by atoms with van der Waals surface area (Å²) in [4.78, 5) is 15.2. The molecule has 0 aliphatic rings. The maximum atomic E-state index is 11.0. The Kier molecular flexibility index (Phi) is 5.23. The number of carbonyl (C=O) groups excluding carboxylic acids is 1. The van der Waals surface area contributed by atoms with Gasteiger partial charge >= 0.3 is 5.97 Å². The van der Waals surface area contributed by atoms with Crippen LogP contribution in [0.2, 0.25) is 0 Å². The lowest BCUT2D eigenvalue weighted by molar-refractivity contribution is -0.131. The number of rotatable bonds is 5. The molecule has 0 fully saturated rings. The highest BCUT2D eigenvalue weighted by Gasteiger charge is 2.07. The summed E-state index contributed by atoms with van der Waals surface area (Å²) in [5.74, 6) is 0.235. The largest absolute Gasteiger partial charge is 0.427 e. The number of nitrogens with zero attached hydrogens (tertiary/aromatic N) is 2. The Morgan fingerprint density at radius 1 is 0.654 bits per heavy atom. The molecule has 4 nitrogen and oxygen atoms in total. The lowest BCUT2D eigenvalue weighted by atomic mass is 10.2. The van der Waals surface area contributed by atoms with Gasteiger partial charge in [0, 0.05) is 43.8 Å². The summed E-state index contributed by atoms with van der Waals surface area (Å²) < 4.78 is 5.08. The van der Waals surface area contributed by atoms with Gasteiger partial charge in [-0.25, -0.2) is 0 Å². The van der Waals surface area contributed by atoms with E-state index in [2.05, 4.69) is 53.2 Å². The van der Waals surface area contributed by atoms with Crippen molar-refractivity contribution in [3.8, 4) is 5.75 Å². The van der Waals surface area contributed by atoms with E-state index in [4.69, 9.17) is 4.74 Å². The van der Waals surface area contributed by atoms with Crippen LogP contribution >= 0.6 is 0 Å². The molecule has 3 aromatic rings. The van der Waals surface area contributed by atoms with Gasteiger partial charge in [0.1, 0.15) is 5.75 Å². The van der Waals surface area contributed by atoms with Gasteiger partial charge in [0.15, 0.2) is 0 Å². The van der Waals surface area contributed by atoms with Crippen LogP contribution in [0.25, 0.3) is 0 Å². The zero-order valence-corrected chi connectivity index (χ0v) is 15.2. The molecule has 0 saturated carbocycles. The average Bonchev–Trinajstić information content (AvgIpc) is 2.68. The van der Waals surface area contributed by atoms with Gasteiger partial charge < -0.3 is 14.5 Å². The van der Waals surface area contributed by atoms with Crippen molar-refractivity contribution in [1.82, 2.24) is 0 Å². The molecule has 3 rings (SSSR count). The van der Waals surface area contributed by atoms with E-state index >= 15 is 0 Å². The normalized spacial score (nSPS) is 10.3. The quantitative estimate of drug-likeness (QED) is 0.472. The first-order valence-corrected chi connectivity index (χ1v) is 8.45. The van der Waals surface area contributed by atoms with Crippen LogP contribution in [0.4, 0.5) is 22.7 Å². The van der Waals surface area contributed by atoms with Crippen molar-refractivity contribution in [2.45, 2.75) is 6.92 Å². The number of benzene rings is 3. The summed E-state index contributed by atoms with van der Waals surface area (Å²) >= 11 is 0. The molecule has 132 valence electrons. The van der Waals surface area contributed by atoms with E-state index in [9.17, 15) is 4.79 Å². The smallest absolute Gasteiger partial charge is 0.308 e. The molecule has 0 N–H and O–H groups in total. The number of para-hydroxylation sites is 1. The molecule has 4 heteroatoms. The van der Waals surface area contributed by atoms with Gasteiger partial charge in [-0.1, -0.05) is 18.2 Å². The summed E-state index contributed by atoms with van der Waals surface area (Å²) in [6.45, 7) is 1.40. The van der Waals surface area contributed by atoms with E-state index in [-0.39, 0.29) is 5.97 Å². The van der Waals surface area contributed by atoms with Gasteiger partial charge in [0.25, 0.3) is 0 Å². The van der Waals surface area contributed by atoms with Crippen LogP contribution in [0, 0.1) is 0 Å². The highest BCUT2D eigenvalue weighted by atomic mass is 16.5. The highest BCUT2D eigenvalue weighted by molar-refractivity contribution is 5.71. The zero-order chi connectivity index (χ0) is 18.5. The molecule has 0 atom stereocenters. The molecule has 3 aromatic carbocycles. The fraction of sp³-hybridized carbons (Fsp3) is 0.136. The maximum Gasteiger partial charge on any atom is 0.308 e. The minimum absolute atomic E-state index is 0.316. The van der Waals surface area contributed by atoms with Crippen molar-refractivity contribution in [3.63, 3.8) is 0 Å². The lowest BCUT2D eigenvalue weighted by Crippen LogP contribution is -2.11. The van der Waals surface area contributed by atoms with Gasteiger partial charge in [0.2, 0.25) is 0 Å². The van der Waals surface area contributed by atoms with Crippen LogP contribution in [-0.4, -0.2) is 20.1 Å². The van der Waals surface area contributed by atoms with Crippen molar-refractivity contribution in [1.29, 1.82) is 0 Å². The Hall–Kier alpha value is -3.27. The molecular weight excluding hydrogens is 324 g/mol. The van der Waals surface area contributed by atoms with Crippen molar-refractivity contribution >= 4 is 28.7 Å². The van der Waals surface area contributed by atoms with Crippen molar-refractivity contribution < 1.29 is 9.53 Å². The molecule has 26 heavy (non-hydrogen) atoms. The van der Waals surface area contributed by atoms with Crippen LogP contribution in [-0.2, 0) is 4.79 Å². The molecule has 0 heterocycles. The second kappa shape index (κ2) is 7.74. The third-order valence-corrected chi connectivity index (χ3v) is 4.25. The van der Waals surface area contributed by atoms with Gasteiger partial charge in [0.05, 0.1) is 0 Å². The maximum absolute atomic E-state index is 11.0. The molecule has 0 aromatic heterocycles. The molecule has 0 spiro atoms. The van der Waals surface area contributed by atoms with E-state index in [0.29, 0.717) is 5.75 Å². The topological polar surface area (TPSA) is 32.8 Å². The number of ether oxygens (including phenoxy) is 1. The third kappa shape index (κ3) is 4.03. The molecule has 0 radical (unpaired) electrons. The fourth-order valence-electron chi connectivity index (χ4n) is 2.75. The van der Waals surface area contributed by atoms with Crippen LogP contribution in [0.1, 0.15) is 6.92 Å². The van der Waals surface area contributed by atoms with E-state index in [1.807, 2.05) is 37.4 Å². The first-order chi connectivity index (χ1) is 12.5. The second-order valence-electron chi connectivity index (χ2n) is 6.06. The molecule has 0 bridgehead atoms. The number of hydrogen-bond donors (Lipinski definition) is 0. The van der Waals surface area contributed by atoms with Crippen LogP contribution in [0.3, 0.4) is 0 Å². The molecule has 0 saturated heterocycles. The summed E-state index contributed by atoms with van der Waals surface area (Å²) in [6.07, 6.45) is 0. The van der Waals surface area contributed by atoms with Crippen molar-refractivity contribution in [2.75, 3.05) is 23.9 Å². The van der Waals surface area contributed by atoms with E-state index in [1.165, 1.54) is 6.92 Å². The first kappa shape index (κ1) is 17.5. The molecular formula is C22H22N2O2. The van der Waals surface area contributed by atoms with Gasteiger partial charge in [-0.3, -0.25) is 4.79 Å². The first-order valence-electron chi connectivity index (χ1n) is 8.45. The number of carbonyl (C=O) groups is 1. The van der Waals surface area contributed by atoms with E-state index in [1.54, 1.807) is 12.1 Å². The summed E-state index contributed by atoms with van der Waals surface area (Å²) in [5.41, 5.74) is 4.37. The summed E-state index contributed by atoms with van der Waals surface area (Å²) in [7, 11) is 4.07. The van der Waals surface area contributed by atoms with Crippen LogP contribution in [0.5, 0.6) is 5.75 Å². The van der Waals surface area contributed by atoms with Crippen molar-refractivity contribution in [3.05, 3.63) is 78.9 Å². The zero-order valence-electron chi connectivity index (χ0n) is 15.2. The second-order valence-corrected chi connectivity index (χ2v) is 6.06. The van der Waals surface area contributed by atoms with Crippen LogP contribution < -0.4 is 14.5 Å². The highest BCUT2D eigenvalue weighted by Crippen LogP contribution is 2.29. The monoisotopic (exact) mass is 346 g/mol. The van der Waals surface area contributed by atoms with E-state index < -0.39 is 0 Å². The number of anilines is 4. The molecule has 0 unspecified atom stereocenters. The van der Waals surface area contributed by atoms with Crippen LogP contribution in [0.15, 0.2) is 78.9 Å². The fourth-order valence-corrected chi connectivity index (χ4v) is 2.75. The van der Waals surface area contributed by atoms with Gasteiger partial charge in [-0.15, -0.1) is 0 Å². The summed E-state index contributed by atoms with van der Waals surface area (Å²) in [6, 6.07) is 26.1. The Morgan fingerprint density at radius 3 is 1.46 bits per heavy atom. The average molecular weight is 346 g/mol. The minimum Gasteiger partial charge on any atom is -0.427 e. The lowest BCUT2D eigenvalue weighted by Gasteiger charge is -2.23. The Labute approximate surface area is 154 Å². The van der Waals surface area contributed by atoms with E-state index in [0.717, 1.165) is 22.7 Å². The van der Waals surface area contributed by atoms with Gasteiger partial charge in [-0.05, 0) is 60.7 Å². The predicted octanol–water partition coefficient (Wildman–Crippen LogP) is 5.15. The summed E-state index contributed by atoms with van der Waals surface area (Å²) in [5, 5.41) is 0. The SMILES string of the molecule is CC(=O)Oc1ccc(N(C)c2ccc(N(C)c3ccccc3)cc2)cc1. The Balaban J connectivity index is 1.74. The number of esters is 1. The van der Waals surface area contributed by atoms with Crippen molar-refractivity contribution in [2.24, 2.45) is 0 Å². The number of hydrogen-bond acceptors (Lipinski definition) is 4. The minimum atomic E-state index is -0.316.